The van der Waals surface area contributed by atoms with Crippen LogP contribution in [0.5, 0.6) is 17.2 Å². The molecule has 0 aromatic heterocycles. The van der Waals surface area contributed by atoms with Crippen LogP contribution in [0.4, 0.5) is 5.69 Å². The molecule has 3 aliphatic rings. The smallest absolute Gasteiger partial charge is 0.182 e. The molecule has 200 valence electrons. The van der Waals surface area contributed by atoms with Crippen molar-refractivity contribution in [1.29, 1.82) is 10.7 Å². The van der Waals surface area contributed by atoms with Crippen LogP contribution in [0, 0.1) is 16.7 Å². The molecule has 1 N–H and O–H groups in total. The number of rotatable bonds is 8. The number of ketones is 1. The van der Waals surface area contributed by atoms with Crippen LogP contribution in [0.1, 0.15) is 74.5 Å². The van der Waals surface area contributed by atoms with Gasteiger partial charge in [0.1, 0.15) is 24.7 Å². The highest BCUT2D eigenvalue weighted by molar-refractivity contribution is 6.07. The maximum Gasteiger partial charge on any atom is 0.182 e. The van der Waals surface area contributed by atoms with Gasteiger partial charge in [-0.3, -0.25) is 10.2 Å². The van der Waals surface area contributed by atoms with Gasteiger partial charge in [0.15, 0.2) is 17.3 Å². The van der Waals surface area contributed by atoms with Crippen molar-refractivity contribution in [3.05, 3.63) is 46.5 Å². The maximum absolute atomic E-state index is 13.9. The van der Waals surface area contributed by atoms with E-state index in [-0.39, 0.29) is 29.8 Å². The highest BCUT2D eigenvalue weighted by Crippen LogP contribution is 2.58. The second-order valence-electron chi connectivity index (χ2n) is 11.2. The second-order valence-corrected chi connectivity index (χ2v) is 11.2. The lowest BCUT2D eigenvalue weighted by molar-refractivity contribution is 0.0943. The van der Waals surface area contributed by atoms with Crippen molar-refractivity contribution in [2.75, 3.05) is 44.4 Å². The van der Waals surface area contributed by atoms with Crippen LogP contribution in [0.25, 0.3) is 0 Å². The van der Waals surface area contributed by atoms with E-state index in [9.17, 15) is 10.1 Å². The monoisotopic (exact) mass is 516 g/mol. The Labute approximate surface area is 224 Å². The van der Waals surface area contributed by atoms with Gasteiger partial charge in [0.05, 0.1) is 43.6 Å². The molecule has 1 spiro atoms. The predicted molar refractivity (Wildman–Crippen MR) is 146 cm³/mol. The summed E-state index contributed by atoms with van der Waals surface area (Å²) in [7, 11) is 0. The Kier molecular flexibility index (Phi) is 6.50. The summed E-state index contributed by atoms with van der Waals surface area (Å²) in [5, 5.41) is 18.4. The Morgan fingerprint density at radius 3 is 2.42 bits per heavy atom. The van der Waals surface area contributed by atoms with Gasteiger partial charge in [-0.05, 0) is 61.9 Å². The molecule has 0 bridgehead atoms. The molecular weight excluding hydrogens is 480 g/mol. The van der Waals surface area contributed by atoms with E-state index in [1.807, 2.05) is 47.9 Å². The van der Waals surface area contributed by atoms with E-state index in [1.54, 1.807) is 0 Å². The zero-order valence-electron chi connectivity index (χ0n) is 22.9. The molecule has 2 aliphatic heterocycles. The number of amidine groups is 1. The minimum absolute atomic E-state index is 0.0559. The lowest BCUT2D eigenvalue weighted by Crippen LogP contribution is -2.38. The number of carbonyl (C=O) groups excluding carboxylic acids is 1. The minimum Gasteiger partial charge on any atom is -0.490 e. The first-order chi connectivity index (χ1) is 18.1. The van der Waals surface area contributed by atoms with E-state index >= 15 is 0 Å². The number of nitrogens with one attached hydrogen (secondary N) is 1. The molecule has 2 aromatic rings. The second kappa shape index (κ2) is 9.54. The third-order valence-electron chi connectivity index (χ3n) is 7.66. The molecular formula is C30H36N4O4. The van der Waals surface area contributed by atoms with Crippen LogP contribution < -0.4 is 19.1 Å². The molecule has 1 fully saturated rings. The average Bonchev–Trinajstić information content (AvgIpc) is 3.65. The van der Waals surface area contributed by atoms with E-state index in [4.69, 9.17) is 19.6 Å². The molecule has 8 heteroatoms. The van der Waals surface area contributed by atoms with Crippen LogP contribution in [-0.4, -0.2) is 56.0 Å². The summed E-state index contributed by atoms with van der Waals surface area (Å²) in [6, 6.07) is 9.92. The first kappa shape index (κ1) is 25.9. The van der Waals surface area contributed by atoms with Crippen molar-refractivity contribution >= 4 is 17.3 Å². The SMILES string of the molecule is CCOc1cc2c(cc1OCC)C1(CC1)N(CC(=O)c1cc3c(c(C(C)(C)C)c1)OCCN3CC#N)C2=N. The zero-order chi connectivity index (χ0) is 27.2. The van der Waals surface area contributed by atoms with Crippen LogP contribution in [0.15, 0.2) is 24.3 Å². The third kappa shape index (κ3) is 4.24. The normalized spacial score (nSPS) is 17.0. The van der Waals surface area contributed by atoms with Crippen LogP contribution in [0.2, 0.25) is 0 Å². The van der Waals surface area contributed by atoms with Crippen LogP contribution in [-0.2, 0) is 11.0 Å². The fourth-order valence-electron chi connectivity index (χ4n) is 5.65. The summed E-state index contributed by atoms with van der Waals surface area (Å²) in [6.07, 6.45) is 1.77. The van der Waals surface area contributed by atoms with Crippen molar-refractivity contribution in [2.45, 2.75) is 58.4 Å². The molecule has 0 radical (unpaired) electrons. The van der Waals surface area contributed by atoms with E-state index in [0.29, 0.717) is 49.3 Å². The quantitative estimate of drug-likeness (QED) is 0.389. The van der Waals surface area contributed by atoms with Gasteiger partial charge in [-0.25, -0.2) is 0 Å². The lowest BCUT2D eigenvalue weighted by atomic mass is 9.84. The lowest BCUT2D eigenvalue weighted by Gasteiger charge is -2.34. The molecule has 1 saturated carbocycles. The molecule has 0 unspecified atom stereocenters. The standard InChI is InChI=1S/C30H36N4O4/c1-6-36-25-16-20-21(17-26(25)37-7-2)30(8-9-30)34(28(20)32)18-24(35)19-14-22(29(3,4)5)27-23(15-19)33(11-10-31)12-13-38-27/h14-17,32H,6-9,11-13,18H2,1-5H3. The van der Waals surface area contributed by atoms with Crippen molar-refractivity contribution in [3.63, 3.8) is 0 Å². The van der Waals surface area contributed by atoms with Crippen LogP contribution in [0.3, 0.4) is 0 Å². The molecule has 0 atom stereocenters. The topological polar surface area (TPSA) is 98.9 Å². The fraction of sp³-hybridized carbons (Fsp3) is 0.500. The highest BCUT2D eigenvalue weighted by atomic mass is 16.5. The first-order valence-corrected chi connectivity index (χ1v) is 13.4. The number of fused-ring (bicyclic) bond motifs is 3. The minimum atomic E-state index is -0.351. The Hall–Kier alpha value is -3.73. The Bertz CT molecular complexity index is 1330. The molecule has 2 aromatic carbocycles. The molecule has 5 rings (SSSR count). The number of nitriles is 1. The summed E-state index contributed by atoms with van der Waals surface area (Å²) in [5.74, 6) is 2.35. The molecule has 0 saturated heterocycles. The van der Waals surface area contributed by atoms with E-state index in [0.717, 1.165) is 41.0 Å². The number of Topliss-reactive ketones (excluding diaryl/α,β-unsaturated/α-hetero) is 1. The summed E-state index contributed by atoms with van der Waals surface area (Å²) in [4.78, 5) is 17.8. The Balaban J connectivity index is 1.50. The molecule has 1 aliphatic carbocycles. The van der Waals surface area contributed by atoms with Crippen molar-refractivity contribution in [2.24, 2.45) is 0 Å². The van der Waals surface area contributed by atoms with Gasteiger partial charge in [0.25, 0.3) is 0 Å². The Morgan fingerprint density at radius 1 is 1.13 bits per heavy atom. The van der Waals surface area contributed by atoms with Crippen molar-refractivity contribution < 1.29 is 19.0 Å². The number of carbonyl (C=O) groups is 1. The molecule has 38 heavy (non-hydrogen) atoms. The molecule has 8 nitrogen and oxygen atoms in total. The van der Waals surface area contributed by atoms with E-state index < -0.39 is 0 Å². The van der Waals surface area contributed by atoms with E-state index in [1.165, 1.54) is 0 Å². The fourth-order valence-corrected chi connectivity index (χ4v) is 5.65. The number of ether oxygens (including phenoxy) is 3. The summed E-state index contributed by atoms with van der Waals surface area (Å²) in [6.45, 7) is 12.6. The van der Waals surface area contributed by atoms with Crippen LogP contribution >= 0.6 is 0 Å². The van der Waals surface area contributed by atoms with Crippen molar-refractivity contribution in [3.8, 4) is 23.3 Å². The number of benzene rings is 2. The third-order valence-corrected chi connectivity index (χ3v) is 7.66. The number of nitrogens with zero attached hydrogens (tertiary/aromatic N) is 3. The Morgan fingerprint density at radius 2 is 1.82 bits per heavy atom. The number of hydrogen-bond acceptors (Lipinski definition) is 7. The zero-order valence-corrected chi connectivity index (χ0v) is 22.9. The summed E-state index contributed by atoms with van der Waals surface area (Å²) >= 11 is 0. The number of hydrogen-bond donors (Lipinski definition) is 1. The van der Waals surface area contributed by atoms with Gasteiger partial charge in [-0.1, -0.05) is 20.8 Å². The largest absolute Gasteiger partial charge is 0.490 e. The summed E-state index contributed by atoms with van der Waals surface area (Å²) in [5.41, 5.74) is 3.55. The van der Waals surface area contributed by atoms with Gasteiger partial charge in [0.2, 0.25) is 0 Å². The van der Waals surface area contributed by atoms with Crippen molar-refractivity contribution in [1.82, 2.24) is 4.90 Å². The average molecular weight is 517 g/mol. The van der Waals surface area contributed by atoms with Gasteiger partial charge < -0.3 is 24.0 Å². The number of anilines is 1. The summed E-state index contributed by atoms with van der Waals surface area (Å²) < 4.78 is 17.7. The van der Waals surface area contributed by atoms with Gasteiger partial charge in [0, 0.05) is 16.7 Å². The highest BCUT2D eigenvalue weighted by Gasteiger charge is 2.57. The van der Waals surface area contributed by atoms with Gasteiger partial charge in [-0.15, -0.1) is 0 Å². The first-order valence-electron chi connectivity index (χ1n) is 13.4. The molecule has 0 amide bonds. The predicted octanol–water partition coefficient (Wildman–Crippen LogP) is 5.02. The molecule has 2 heterocycles. The maximum atomic E-state index is 13.9. The van der Waals surface area contributed by atoms with Gasteiger partial charge in [-0.2, -0.15) is 5.26 Å². The van der Waals surface area contributed by atoms with Gasteiger partial charge >= 0.3 is 0 Å². The van der Waals surface area contributed by atoms with E-state index in [2.05, 4.69) is 26.8 Å².